The Morgan fingerprint density at radius 2 is 2.21 bits per heavy atom. The summed E-state index contributed by atoms with van der Waals surface area (Å²) in [7, 11) is 1.38. The zero-order valence-corrected chi connectivity index (χ0v) is 14.0. The first-order chi connectivity index (χ1) is 11.7. The first-order valence-electron chi connectivity index (χ1n) is 8.51. The van der Waals surface area contributed by atoms with Gasteiger partial charge in [0.25, 0.3) is 0 Å². The maximum atomic E-state index is 12.1. The number of rotatable bonds is 7. The number of hydrogen-bond donors (Lipinski definition) is 1. The molecule has 0 unspecified atom stereocenters. The van der Waals surface area contributed by atoms with E-state index in [2.05, 4.69) is 0 Å². The predicted molar refractivity (Wildman–Crippen MR) is 86.8 cm³/mol. The number of esters is 1. The lowest BCUT2D eigenvalue weighted by molar-refractivity contribution is -0.180. The highest BCUT2D eigenvalue weighted by Gasteiger charge is 2.52. The van der Waals surface area contributed by atoms with E-state index < -0.39 is 18.1 Å². The Hall–Kier alpha value is -1.47. The molecule has 0 spiro atoms. The highest BCUT2D eigenvalue weighted by molar-refractivity contribution is 5.74. The molecular formula is C18H25NO5. The number of nitrogens with zero attached hydrogens (tertiary/aromatic N) is 1. The van der Waals surface area contributed by atoms with Gasteiger partial charge < -0.3 is 14.6 Å². The standard InChI is InChI=1S/C18H25NO5/c1-22-18(21)16-14-8-5-10-19(14)24-17(16)15(20)9-11-23-12-13-6-3-2-4-7-13/h2-4,6-7,14-17,20H,5,8-12H2,1H3/t14-,15-,16-,17+/m1/s1. The van der Waals surface area contributed by atoms with E-state index in [4.69, 9.17) is 14.3 Å². The molecule has 24 heavy (non-hydrogen) atoms. The Morgan fingerprint density at radius 1 is 1.42 bits per heavy atom. The lowest BCUT2D eigenvalue weighted by Gasteiger charge is -2.23. The fraction of sp³-hybridized carbons (Fsp3) is 0.611. The van der Waals surface area contributed by atoms with Gasteiger partial charge in [0.2, 0.25) is 0 Å². The summed E-state index contributed by atoms with van der Waals surface area (Å²) in [4.78, 5) is 17.9. The Kier molecular flexibility index (Phi) is 5.84. The van der Waals surface area contributed by atoms with Gasteiger partial charge >= 0.3 is 5.97 Å². The third kappa shape index (κ3) is 3.78. The lowest BCUT2D eigenvalue weighted by Crippen LogP contribution is -2.40. The molecule has 1 N–H and O–H groups in total. The molecule has 1 aromatic rings. The van der Waals surface area contributed by atoms with Crippen molar-refractivity contribution in [3.8, 4) is 0 Å². The smallest absolute Gasteiger partial charge is 0.313 e. The number of carbonyl (C=O) groups excluding carboxylic acids is 1. The van der Waals surface area contributed by atoms with E-state index >= 15 is 0 Å². The van der Waals surface area contributed by atoms with Crippen LogP contribution in [0.5, 0.6) is 0 Å². The van der Waals surface area contributed by atoms with Gasteiger partial charge in [0.15, 0.2) is 0 Å². The maximum Gasteiger partial charge on any atom is 0.313 e. The molecule has 4 atom stereocenters. The van der Waals surface area contributed by atoms with Crippen LogP contribution in [0, 0.1) is 5.92 Å². The van der Waals surface area contributed by atoms with Crippen molar-refractivity contribution in [3.05, 3.63) is 35.9 Å². The average molecular weight is 335 g/mol. The van der Waals surface area contributed by atoms with Crippen LogP contribution in [0.25, 0.3) is 0 Å². The number of hydroxylamine groups is 2. The Morgan fingerprint density at radius 3 is 2.96 bits per heavy atom. The van der Waals surface area contributed by atoms with Crippen molar-refractivity contribution in [2.75, 3.05) is 20.3 Å². The molecule has 132 valence electrons. The number of aliphatic hydroxyl groups excluding tert-OH is 1. The summed E-state index contributed by atoms with van der Waals surface area (Å²) in [5.41, 5.74) is 1.09. The van der Waals surface area contributed by atoms with Crippen LogP contribution in [-0.2, 0) is 25.7 Å². The molecule has 2 fully saturated rings. The van der Waals surface area contributed by atoms with Crippen molar-refractivity contribution in [1.29, 1.82) is 0 Å². The summed E-state index contributed by atoms with van der Waals surface area (Å²) in [6.07, 6.45) is 1.01. The zero-order chi connectivity index (χ0) is 16.9. The lowest BCUT2D eigenvalue weighted by atomic mass is 9.89. The summed E-state index contributed by atoms with van der Waals surface area (Å²) < 4.78 is 10.5. The summed E-state index contributed by atoms with van der Waals surface area (Å²) in [5.74, 6) is -0.736. The molecule has 0 amide bonds. The van der Waals surface area contributed by atoms with Gasteiger partial charge in [-0.1, -0.05) is 30.3 Å². The minimum Gasteiger partial charge on any atom is -0.469 e. The Bertz CT molecular complexity index is 537. The highest BCUT2D eigenvalue weighted by atomic mass is 16.7. The molecule has 0 aliphatic carbocycles. The van der Waals surface area contributed by atoms with Gasteiger partial charge in [-0.25, -0.2) is 0 Å². The molecule has 6 nitrogen and oxygen atoms in total. The van der Waals surface area contributed by atoms with Crippen LogP contribution >= 0.6 is 0 Å². The second-order valence-corrected chi connectivity index (χ2v) is 6.36. The molecule has 0 saturated carbocycles. The molecule has 0 bridgehead atoms. The fourth-order valence-corrected chi connectivity index (χ4v) is 3.57. The summed E-state index contributed by atoms with van der Waals surface area (Å²) in [6.45, 7) is 1.72. The van der Waals surface area contributed by atoms with Crippen LogP contribution in [0.2, 0.25) is 0 Å². The summed E-state index contributed by atoms with van der Waals surface area (Å²) in [5, 5.41) is 12.3. The van der Waals surface area contributed by atoms with Gasteiger partial charge in [-0.05, 0) is 24.8 Å². The van der Waals surface area contributed by atoms with Crippen LogP contribution in [0.3, 0.4) is 0 Å². The van der Waals surface area contributed by atoms with E-state index in [0.717, 1.165) is 24.9 Å². The molecule has 1 aromatic carbocycles. The second-order valence-electron chi connectivity index (χ2n) is 6.36. The predicted octanol–water partition coefficient (Wildman–Crippen LogP) is 1.52. The van der Waals surface area contributed by atoms with Crippen LogP contribution in [0.4, 0.5) is 0 Å². The zero-order valence-electron chi connectivity index (χ0n) is 14.0. The number of benzene rings is 1. The van der Waals surface area contributed by atoms with Gasteiger partial charge in [-0.2, -0.15) is 5.06 Å². The third-order valence-corrected chi connectivity index (χ3v) is 4.80. The van der Waals surface area contributed by atoms with Crippen molar-refractivity contribution in [2.24, 2.45) is 5.92 Å². The Balaban J connectivity index is 1.50. The number of methoxy groups -OCH3 is 1. The fourth-order valence-electron chi connectivity index (χ4n) is 3.57. The molecule has 6 heteroatoms. The van der Waals surface area contributed by atoms with Gasteiger partial charge in [0.05, 0.1) is 25.9 Å². The van der Waals surface area contributed by atoms with E-state index in [1.807, 2.05) is 35.4 Å². The molecule has 2 heterocycles. The van der Waals surface area contributed by atoms with E-state index in [0.29, 0.717) is 19.6 Å². The summed E-state index contributed by atoms with van der Waals surface area (Å²) >= 11 is 0. The highest BCUT2D eigenvalue weighted by Crippen LogP contribution is 2.37. The number of fused-ring (bicyclic) bond motifs is 1. The van der Waals surface area contributed by atoms with Crippen LogP contribution < -0.4 is 0 Å². The number of hydrogen-bond acceptors (Lipinski definition) is 6. The van der Waals surface area contributed by atoms with Crippen LogP contribution in [-0.4, -0.2) is 54.7 Å². The number of ether oxygens (including phenoxy) is 2. The minimum atomic E-state index is -0.754. The van der Waals surface area contributed by atoms with Crippen molar-refractivity contribution in [2.45, 2.75) is 44.1 Å². The molecule has 0 radical (unpaired) electrons. The van der Waals surface area contributed by atoms with Crippen molar-refractivity contribution in [1.82, 2.24) is 5.06 Å². The molecule has 2 aliphatic heterocycles. The first kappa shape index (κ1) is 17.4. The van der Waals surface area contributed by atoms with Gasteiger partial charge in [-0.15, -0.1) is 0 Å². The number of aliphatic hydroxyl groups is 1. The monoisotopic (exact) mass is 335 g/mol. The third-order valence-electron chi connectivity index (χ3n) is 4.80. The molecule has 3 rings (SSSR count). The molecule has 0 aromatic heterocycles. The Labute approximate surface area is 142 Å². The van der Waals surface area contributed by atoms with Gasteiger partial charge in [-0.3, -0.25) is 9.63 Å². The minimum absolute atomic E-state index is 0.0161. The molecular weight excluding hydrogens is 310 g/mol. The van der Waals surface area contributed by atoms with Gasteiger partial charge in [0, 0.05) is 13.2 Å². The quantitative estimate of drug-likeness (QED) is 0.602. The summed E-state index contributed by atoms with van der Waals surface area (Å²) in [6, 6.07) is 9.91. The normalized spacial score (nSPS) is 27.8. The SMILES string of the molecule is COC(=O)[C@H]1[C@H]([C@H](O)CCOCc2ccccc2)ON2CCC[C@H]12. The number of carbonyl (C=O) groups is 1. The van der Waals surface area contributed by atoms with Crippen LogP contribution in [0.15, 0.2) is 30.3 Å². The van der Waals surface area contributed by atoms with Crippen molar-refractivity contribution < 1.29 is 24.2 Å². The second kappa shape index (κ2) is 8.07. The molecule has 2 saturated heterocycles. The van der Waals surface area contributed by atoms with Crippen LogP contribution in [0.1, 0.15) is 24.8 Å². The average Bonchev–Trinajstić information content (AvgIpc) is 3.19. The largest absolute Gasteiger partial charge is 0.469 e. The van der Waals surface area contributed by atoms with E-state index in [1.54, 1.807) is 0 Å². The first-order valence-corrected chi connectivity index (χ1v) is 8.51. The molecule has 2 aliphatic rings. The van der Waals surface area contributed by atoms with Crippen molar-refractivity contribution in [3.63, 3.8) is 0 Å². The maximum absolute atomic E-state index is 12.1. The van der Waals surface area contributed by atoms with Crippen molar-refractivity contribution >= 4 is 5.97 Å². The topological polar surface area (TPSA) is 68.2 Å². The van der Waals surface area contributed by atoms with E-state index in [-0.39, 0.29) is 12.0 Å². The van der Waals surface area contributed by atoms with E-state index in [9.17, 15) is 9.90 Å². The van der Waals surface area contributed by atoms with E-state index in [1.165, 1.54) is 7.11 Å². The van der Waals surface area contributed by atoms with Gasteiger partial charge in [0.1, 0.15) is 12.0 Å².